The summed E-state index contributed by atoms with van der Waals surface area (Å²) in [5.41, 5.74) is 0.890. The zero-order valence-electron chi connectivity index (χ0n) is 18.1. The summed E-state index contributed by atoms with van der Waals surface area (Å²) in [4.78, 5) is 60.9. The first-order valence-electron chi connectivity index (χ1n) is 10.5. The number of fused-ring (bicyclic) bond motifs is 1. The Bertz CT molecular complexity index is 1240. The zero-order valence-corrected chi connectivity index (χ0v) is 18.1. The second-order valence-corrected chi connectivity index (χ2v) is 8.29. The fraction of sp³-hybridized carbons (Fsp3) is 0.261. The Morgan fingerprint density at radius 2 is 1.65 bits per heavy atom. The molecule has 1 aliphatic heterocycles. The minimum Gasteiger partial charge on any atom is -0.272 e. The molecule has 1 heterocycles. The van der Waals surface area contributed by atoms with Crippen molar-refractivity contribution in [3.8, 4) is 0 Å². The van der Waals surface area contributed by atoms with Crippen LogP contribution in [0.3, 0.4) is 0 Å². The molecule has 11 nitrogen and oxygen atoms in total. The third-order valence-corrected chi connectivity index (χ3v) is 6.06. The molecule has 174 valence electrons. The molecule has 3 amide bonds. The van der Waals surface area contributed by atoms with Gasteiger partial charge in [0.1, 0.15) is 0 Å². The molecular formula is C23H20N4O7. The van der Waals surface area contributed by atoms with Gasteiger partial charge in [0.05, 0.1) is 28.2 Å². The second kappa shape index (κ2) is 8.85. The average Bonchev–Trinajstić information content (AvgIpc) is 3.06. The Morgan fingerprint density at radius 3 is 2.29 bits per heavy atom. The smallest absolute Gasteiger partial charge is 0.272 e. The standard InChI is InChI=1S/C23H20N4O7/c1-14-5-10-19-20(11-14)23(30)25(22(19)29)24(13-15-6-8-17(9-7-15)26(31)32)21(28)16-3-2-4-18(12-16)27(33)34/h2-9,12,19-20H,10-11,13H2,1H3/t19-,20-/m1/s1. The predicted molar refractivity (Wildman–Crippen MR) is 118 cm³/mol. The Hall–Kier alpha value is -4.41. The molecule has 34 heavy (non-hydrogen) atoms. The van der Waals surface area contributed by atoms with Crippen molar-refractivity contribution in [1.82, 2.24) is 10.0 Å². The number of carbonyl (C=O) groups is 3. The molecule has 0 radical (unpaired) electrons. The number of hydrazine groups is 1. The van der Waals surface area contributed by atoms with Crippen molar-refractivity contribution >= 4 is 29.1 Å². The van der Waals surface area contributed by atoms with E-state index in [1.165, 1.54) is 42.5 Å². The number of nitrogens with zero attached hydrogens (tertiary/aromatic N) is 4. The van der Waals surface area contributed by atoms with Gasteiger partial charge in [0.15, 0.2) is 0 Å². The van der Waals surface area contributed by atoms with Crippen LogP contribution in [0, 0.1) is 32.1 Å². The van der Waals surface area contributed by atoms with E-state index in [-0.39, 0.29) is 23.5 Å². The largest absolute Gasteiger partial charge is 0.273 e. The van der Waals surface area contributed by atoms with E-state index in [0.29, 0.717) is 18.4 Å². The van der Waals surface area contributed by atoms with Gasteiger partial charge in [-0.2, -0.15) is 5.01 Å². The van der Waals surface area contributed by atoms with Gasteiger partial charge < -0.3 is 0 Å². The summed E-state index contributed by atoms with van der Waals surface area (Å²) in [5, 5.41) is 24.0. The number of nitro benzene ring substituents is 2. The highest BCUT2D eigenvalue weighted by atomic mass is 16.6. The molecule has 0 spiro atoms. The fourth-order valence-electron chi connectivity index (χ4n) is 4.29. The molecule has 0 aromatic heterocycles. The van der Waals surface area contributed by atoms with Crippen molar-refractivity contribution in [3.05, 3.63) is 91.5 Å². The van der Waals surface area contributed by atoms with Crippen LogP contribution in [0.15, 0.2) is 60.2 Å². The van der Waals surface area contributed by atoms with Crippen molar-refractivity contribution in [1.29, 1.82) is 0 Å². The van der Waals surface area contributed by atoms with E-state index in [0.717, 1.165) is 21.7 Å². The van der Waals surface area contributed by atoms with Gasteiger partial charge in [0.25, 0.3) is 29.1 Å². The van der Waals surface area contributed by atoms with E-state index in [2.05, 4.69) is 0 Å². The lowest BCUT2D eigenvalue weighted by molar-refractivity contribution is -0.385. The maximum absolute atomic E-state index is 13.5. The number of benzene rings is 2. The van der Waals surface area contributed by atoms with E-state index in [1.54, 1.807) is 0 Å². The Kier molecular flexibility index (Phi) is 5.93. The van der Waals surface area contributed by atoms with Gasteiger partial charge in [-0.1, -0.05) is 29.8 Å². The third kappa shape index (κ3) is 4.15. The first kappa shape index (κ1) is 22.8. The predicted octanol–water partition coefficient (Wildman–Crippen LogP) is 3.40. The Labute approximate surface area is 193 Å². The highest BCUT2D eigenvalue weighted by molar-refractivity contribution is 6.08. The summed E-state index contributed by atoms with van der Waals surface area (Å²) >= 11 is 0. The third-order valence-electron chi connectivity index (χ3n) is 6.06. The Morgan fingerprint density at radius 1 is 1.00 bits per heavy atom. The minimum absolute atomic E-state index is 0.0686. The van der Waals surface area contributed by atoms with Crippen molar-refractivity contribution in [2.75, 3.05) is 0 Å². The van der Waals surface area contributed by atoms with Gasteiger partial charge >= 0.3 is 0 Å². The lowest BCUT2D eigenvalue weighted by Crippen LogP contribution is -2.49. The molecule has 2 aromatic carbocycles. The van der Waals surface area contributed by atoms with Crippen LogP contribution < -0.4 is 0 Å². The van der Waals surface area contributed by atoms with Gasteiger partial charge in [0, 0.05) is 29.8 Å². The maximum atomic E-state index is 13.5. The summed E-state index contributed by atoms with van der Waals surface area (Å²) in [6, 6.07) is 10.4. The van der Waals surface area contributed by atoms with Crippen molar-refractivity contribution in [2.45, 2.75) is 26.3 Å². The average molecular weight is 464 g/mol. The first-order valence-corrected chi connectivity index (χ1v) is 10.5. The number of amides is 3. The van der Waals surface area contributed by atoms with E-state index in [9.17, 15) is 34.6 Å². The van der Waals surface area contributed by atoms with Gasteiger partial charge in [0.2, 0.25) is 0 Å². The molecule has 0 saturated carbocycles. The van der Waals surface area contributed by atoms with E-state index in [1.807, 2.05) is 13.0 Å². The van der Waals surface area contributed by atoms with Crippen molar-refractivity contribution in [2.24, 2.45) is 11.8 Å². The van der Waals surface area contributed by atoms with Crippen LogP contribution in [0.5, 0.6) is 0 Å². The molecule has 0 N–H and O–H groups in total. The van der Waals surface area contributed by atoms with Gasteiger partial charge in [-0.3, -0.25) is 34.6 Å². The maximum Gasteiger partial charge on any atom is 0.273 e. The minimum atomic E-state index is -0.771. The molecule has 0 bridgehead atoms. The molecule has 1 fully saturated rings. The van der Waals surface area contributed by atoms with Crippen molar-refractivity contribution < 1.29 is 24.2 Å². The number of imide groups is 1. The zero-order chi connectivity index (χ0) is 24.6. The highest BCUT2D eigenvalue weighted by Crippen LogP contribution is 2.39. The van der Waals surface area contributed by atoms with Gasteiger partial charge in [-0.25, -0.2) is 5.01 Å². The number of allylic oxidation sites excluding steroid dienone is 2. The normalized spacial score (nSPS) is 19.4. The molecule has 2 aliphatic rings. The van der Waals surface area contributed by atoms with Crippen LogP contribution in [-0.4, -0.2) is 37.6 Å². The van der Waals surface area contributed by atoms with Gasteiger partial charge in [-0.05, 0) is 31.4 Å². The summed E-state index contributed by atoms with van der Waals surface area (Å²) < 4.78 is 0. The number of carbonyl (C=O) groups excluding carboxylic acids is 3. The molecular weight excluding hydrogens is 444 g/mol. The van der Waals surface area contributed by atoms with Crippen LogP contribution in [0.1, 0.15) is 35.7 Å². The molecule has 4 rings (SSSR count). The first-order chi connectivity index (χ1) is 16.2. The summed E-state index contributed by atoms with van der Waals surface area (Å²) in [5.74, 6) is -2.97. The second-order valence-electron chi connectivity index (χ2n) is 8.29. The summed E-state index contributed by atoms with van der Waals surface area (Å²) in [7, 11) is 0. The molecule has 1 saturated heterocycles. The SMILES string of the molecule is CC1=CC[C@H]2C(=O)N(N(Cc3ccc([N+](=O)[O-])cc3)C(=O)c3cccc([N+](=O)[O-])c3)C(=O)[C@@H]2C1. The topological polar surface area (TPSA) is 144 Å². The number of nitro groups is 2. The van der Waals surface area contributed by atoms with E-state index < -0.39 is 39.4 Å². The fourth-order valence-corrected chi connectivity index (χ4v) is 4.29. The number of rotatable bonds is 6. The molecule has 1 aliphatic carbocycles. The van der Waals surface area contributed by atoms with Crippen LogP contribution in [0.4, 0.5) is 11.4 Å². The molecule has 2 atom stereocenters. The van der Waals surface area contributed by atoms with E-state index >= 15 is 0 Å². The monoisotopic (exact) mass is 464 g/mol. The van der Waals surface area contributed by atoms with Crippen LogP contribution in [-0.2, 0) is 16.1 Å². The highest BCUT2D eigenvalue weighted by Gasteiger charge is 2.51. The quantitative estimate of drug-likeness (QED) is 0.276. The summed E-state index contributed by atoms with van der Waals surface area (Å²) in [6.07, 6.45) is 2.69. The molecule has 0 unspecified atom stereocenters. The molecule has 11 heteroatoms. The summed E-state index contributed by atoms with van der Waals surface area (Å²) in [6.45, 7) is 1.64. The lowest BCUT2D eigenvalue weighted by Gasteiger charge is -2.30. The number of hydrogen-bond donors (Lipinski definition) is 0. The van der Waals surface area contributed by atoms with Crippen LogP contribution >= 0.6 is 0 Å². The van der Waals surface area contributed by atoms with Crippen LogP contribution in [0.2, 0.25) is 0 Å². The van der Waals surface area contributed by atoms with E-state index in [4.69, 9.17) is 0 Å². The number of non-ortho nitro benzene ring substituents is 2. The van der Waals surface area contributed by atoms with Crippen molar-refractivity contribution in [3.63, 3.8) is 0 Å². The van der Waals surface area contributed by atoms with Gasteiger partial charge in [-0.15, -0.1) is 0 Å². The molecule has 2 aromatic rings. The number of hydrogen-bond acceptors (Lipinski definition) is 7. The van der Waals surface area contributed by atoms with Crippen LogP contribution in [0.25, 0.3) is 0 Å². The lowest BCUT2D eigenvalue weighted by atomic mass is 9.82. The Balaban J connectivity index is 1.72.